The van der Waals surface area contributed by atoms with Gasteiger partial charge in [0.2, 0.25) is 0 Å². The van der Waals surface area contributed by atoms with Crippen LogP contribution < -0.4 is 0 Å². The Labute approximate surface area is 83.3 Å². The molecular weight excluding hydrogens is 178 g/mol. The molecular formula is C11H13NO2. The fourth-order valence-corrected chi connectivity index (χ4v) is 1.29. The Morgan fingerprint density at radius 3 is 2.50 bits per heavy atom. The summed E-state index contributed by atoms with van der Waals surface area (Å²) in [4.78, 5) is 12.0. The molecule has 0 fully saturated rings. The zero-order valence-corrected chi connectivity index (χ0v) is 8.05. The zero-order chi connectivity index (χ0) is 10.6. The van der Waals surface area contributed by atoms with Crippen molar-refractivity contribution >= 4 is 6.09 Å². The second-order valence-electron chi connectivity index (χ2n) is 2.96. The van der Waals surface area contributed by atoms with E-state index in [2.05, 4.69) is 6.58 Å². The number of amides is 1. The van der Waals surface area contributed by atoms with E-state index in [-0.39, 0.29) is 6.04 Å². The van der Waals surface area contributed by atoms with E-state index in [9.17, 15) is 4.79 Å². The molecule has 0 saturated carbocycles. The maximum absolute atomic E-state index is 10.8. The molecule has 1 rings (SSSR count). The Bertz CT molecular complexity index is 321. The van der Waals surface area contributed by atoms with Crippen molar-refractivity contribution in [1.29, 1.82) is 0 Å². The van der Waals surface area contributed by atoms with Gasteiger partial charge in [0, 0.05) is 6.20 Å². The first kappa shape index (κ1) is 10.3. The summed E-state index contributed by atoms with van der Waals surface area (Å²) in [5, 5.41) is 8.86. The van der Waals surface area contributed by atoms with E-state index in [4.69, 9.17) is 5.11 Å². The normalized spacial score (nSPS) is 11.8. The van der Waals surface area contributed by atoms with Crippen LogP contribution in [0.2, 0.25) is 0 Å². The topological polar surface area (TPSA) is 40.5 Å². The Morgan fingerprint density at radius 2 is 2.07 bits per heavy atom. The van der Waals surface area contributed by atoms with E-state index in [1.807, 2.05) is 37.3 Å². The van der Waals surface area contributed by atoms with Crippen molar-refractivity contribution in [2.45, 2.75) is 13.0 Å². The minimum atomic E-state index is -0.989. The molecule has 0 bridgehead atoms. The van der Waals surface area contributed by atoms with E-state index in [1.165, 1.54) is 11.1 Å². The minimum Gasteiger partial charge on any atom is -0.465 e. The highest BCUT2D eigenvalue weighted by Crippen LogP contribution is 2.19. The summed E-state index contributed by atoms with van der Waals surface area (Å²) >= 11 is 0. The lowest BCUT2D eigenvalue weighted by Gasteiger charge is -2.22. The molecule has 3 nitrogen and oxygen atoms in total. The van der Waals surface area contributed by atoms with Crippen molar-refractivity contribution in [2.75, 3.05) is 0 Å². The monoisotopic (exact) mass is 191 g/mol. The molecule has 0 aliphatic heterocycles. The number of rotatable bonds is 3. The summed E-state index contributed by atoms with van der Waals surface area (Å²) in [5.74, 6) is 0. The highest BCUT2D eigenvalue weighted by atomic mass is 16.4. The van der Waals surface area contributed by atoms with Crippen LogP contribution in [0.15, 0.2) is 43.1 Å². The molecule has 1 atom stereocenters. The van der Waals surface area contributed by atoms with Crippen LogP contribution in [0.5, 0.6) is 0 Å². The van der Waals surface area contributed by atoms with Crippen molar-refractivity contribution in [3.8, 4) is 0 Å². The van der Waals surface area contributed by atoms with Crippen molar-refractivity contribution in [3.05, 3.63) is 48.7 Å². The van der Waals surface area contributed by atoms with E-state index < -0.39 is 6.09 Å². The lowest BCUT2D eigenvalue weighted by Crippen LogP contribution is -2.26. The lowest BCUT2D eigenvalue weighted by atomic mass is 10.1. The summed E-state index contributed by atoms with van der Waals surface area (Å²) in [7, 11) is 0. The summed E-state index contributed by atoms with van der Waals surface area (Å²) in [5.41, 5.74) is 0.954. The van der Waals surface area contributed by atoms with Crippen LogP contribution in [0.1, 0.15) is 18.5 Å². The van der Waals surface area contributed by atoms with Crippen molar-refractivity contribution in [3.63, 3.8) is 0 Å². The zero-order valence-electron chi connectivity index (χ0n) is 8.05. The van der Waals surface area contributed by atoms with Gasteiger partial charge < -0.3 is 5.11 Å². The molecule has 0 heterocycles. The summed E-state index contributed by atoms with van der Waals surface area (Å²) in [6.45, 7) is 5.30. The first-order valence-electron chi connectivity index (χ1n) is 4.35. The number of carbonyl (C=O) groups is 1. The molecule has 1 unspecified atom stereocenters. The molecule has 14 heavy (non-hydrogen) atoms. The van der Waals surface area contributed by atoms with Crippen molar-refractivity contribution < 1.29 is 9.90 Å². The smallest absolute Gasteiger partial charge is 0.411 e. The maximum Gasteiger partial charge on any atom is 0.411 e. The van der Waals surface area contributed by atoms with Gasteiger partial charge in [0.05, 0.1) is 6.04 Å². The van der Waals surface area contributed by atoms with Crippen molar-refractivity contribution in [1.82, 2.24) is 4.90 Å². The highest BCUT2D eigenvalue weighted by molar-refractivity contribution is 5.67. The lowest BCUT2D eigenvalue weighted by molar-refractivity contribution is 0.151. The fourth-order valence-electron chi connectivity index (χ4n) is 1.29. The molecule has 1 amide bonds. The van der Waals surface area contributed by atoms with Crippen LogP contribution in [-0.4, -0.2) is 16.1 Å². The molecule has 74 valence electrons. The van der Waals surface area contributed by atoms with Gasteiger partial charge in [-0.05, 0) is 12.5 Å². The summed E-state index contributed by atoms with van der Waals surface area (Å²) < 4.78 is 0. The standard InChI is InChI=1S/C11H13NO2/c1-3-12(11(13)14)9(2)10-7-5-4-6-8-10/h3-9H,1H2,2H3,(H,13,14). The minimum absolute atomic E-state index is 0.203. The molecule has 0 spiro atoms. The number of hydrogen-bond donors (Lipinski definition) is 1. The molecule has 1 aromatic carbocycles. The quantitative estimate of drug-likeness (QED) is 0.798. The van der Waals surface area contributed by atoms with Gasteiger partial charge in [-0.15, -0.1) is 0 Å². The molecule has 0 aliphatic rings. The van der Waals surface area contributed by atoms with E-state index in [0.717, 1.165) is 5.56 Å². The third-order valence-corrected chi connectivity index (χ3v) is 2.12. The Kier molecular flexibility index (Phi) is 3.29. The van der Waals surface area contributed by atoms with Gasteiger partial charge in [0.1, 0.15) is 0 Å². The molecule has 1 aromatic rings. The summed E-state index contributed by atoms with van der Waals surface area (Å²) in [6.07, 6.45) is 0.330. The van der Waals surface area contributed by atoms with E-state index in [1.54, 1.807) is 0 Å². The Morgan fingerprint density at radius 1 is 1.50 bits per heavy atom. The summed E-state index contributed by atoms with van der Waals surface area (Å²) in [6, 6.07) is 9.25. The number of hydrogen-bond acceptors (Lipinski definition) is 1. The number of carboxylic acid groups (broad SMARTS) is 1. The third-order valence-electron chi connectivity index (χ3n) is 2.12. The average molecular weight is 191 g/mol. The van der Waals surface area contributed by atoms with E-state index in [0.29, 0.717) is 0 Å². The molecule has 0 saturated heterocycles. The van der Waals surface area contributed by atoms with Gasteiger partial charge in [-0.25, -0.2) is 4.79 Å². The first-order valence-corrected chi connectivity index (χ1v) is 4.35. The largest absolute Gasteiger partial charge is 0.465 e. The second kappa shape index (κ2) is 4.46. The second-order valence-corrected chi connectivity index (χ2v) is 2.96. The van der Waals surface area contributed by atoms with Crippen LogP contribution in [0.4, 0.5) is 4.79 Å². The molecule has 0 aromatic heterocycles. The van der Waals surface area contributed by atoms with Crippen LogP contribution in [0, 0.1) is 0 Å². The van der Waals surface area contributed by atoms with Gasteiger partial charge in [0.15, 0.2) is 0 Å². The predicted octanol–water partition coefficient (Wildman–Crippen LogP) is 2.87. The average Bonchev–Trinajstić information content (AvgIpc) is 2.19. The third kappa shape index (κ3) is 2.13. The van der Waals surface area contributed by atoms with Crippen LogP contribution in [0.3, 0.4) is 0 Å². The highest BCUT2D eigenvalue weighted by Gasteiger charge is 2.16. The number of nitrogens with zero attached hydrogens (tertiary/aromatic N) is 1. The van der Waals surface area contributed by atoms with Gasteiger partial charge in [0.25, 0.3) is 0 Å². The molecule has 0 aliphatic carbocycles. The van der Waals surface area contributed by atoms with Crippen LogP contribution in [-0.2, 0) is 0 Å². The van der Waals surface area contributed by atoms with Gasteiger partial charge in [-0.1, -0.05) is 36.9 Å². The van der Waals surface area contributed by atoms with Crippen molar-refractivity contribution in [2.24, 2.45) is 0 Å². The van der Waals surface area contributed by atoms with Crippen LogP contribution in [0.25, 0.3) is 0 Å². The fraction of sp³-hybridized carbons (Fsp3) is 0.182. The number of benzene rings is 1. The molecule has 3 heteroatoms. The first-order chi connectivity index (χ1) is 6.66. The SMILES string of the molecule is C=CN(C(=O)O)C(C)c1ccccc1. The van der Waals surface area contributed by atoms with Gasteiger partial charge in [-0.3, -0.25) is 4.90 Å². The van der Waals surface area contributed by atoms with Gasteiger partial charge in [-0.2, -0.15) is 0 Å². The Hall–Kier alpha value is -1.77. The maximum atomic E-state index is 10.8. The van der Waals surface area contributed by atoms with E-state index >= 15 is 0 Å². The molecule has 0 radical (unpaired) electrons. The Balaban J connectivity index is 2.88. The predicted molar refractivity (Wildman–Crippen MR) is 54.9 cm³/mol. The van der Waals surface area contributed by atoms with Gasteiger partial charge >= 0.3 is 6.09 Å². The van der Waals surface area contributed by atoms with Crippen LogP contribution >= 0.6 is 0 Å². The molecule has 1 N–H and O–H groups in total.